The van der Waals surface area contributed by atoms with Crippen LogP contribution in [0.2, 0.25) is 0 Å². The topological polar surface area (TPSA) is 74.3 Å². The zero-order chi connectivity index (χ0) is 15.7. The zero-order valence-electron chi connectivity index (χ0n) is 13.2. The highest BCUT2D eigenvalue weighted by molar-refractivity contribution is 5.54. The molecule has 2 aromatic heterocycles. The summed E-state index contributed by atoms with van der Waals surface area (Å²) in [5, 5.41) is 17.6. The van der Waals surface area contributed by atoms with E-state index in [-0.39, 0.29) is 12.0 Å². The van der Waals surface area contributed by atoms with Gasteiger partial charge in [-0.1, -0.05) is 0 Å². The standard InChI is InChI=1S/C16H22N4O2/c1-10-4-5-15(22-3)16(17-10)20-8-12(14(21)9-20)7-13-6-11(2)18-19-13/h4-6,12,14,21H,7-9H2,1-3H3,(H,18,19)/t12-,14+/m1/s1. The number of aromatic amines is 1. The van der Waals surface area contributed by atoms with Crippen molar-refractivity contribution in [2.45, 2.75) is 26.4 Å². The Labute approximate surface area is 130 Å². The van der Waals surface area contributed by atoms with Crippen molar-refractivity contribution in [3.05, 3.63) is 35.3 Å². The van der Waals surface area contributed by atoms with Gasteiger partial charge in [-0.25, -0.2) is 4.98 Å². The van der Waals surface area contributed by atoms with Crippen LogP contribution in [0.25, 0.3) is 0 Å². The van der Waals surface area contributed by atoms with Gasteiger partial charge in [-0.3, -0.25) is 5.10 Å². The second-order valence-electron chi connectivity index (χ2n) is 5.96. The molecule has 118 valence electrons. The Bertz CT molecular complexity index is 655. The fourth-order valence-corrected chi connectivity index (χ4v) is 2.99. The number of hydrogen-bond donors (Lipinski definition) is 2. The third-order valence-electron chi connectivity index (χ3n) is 4.13. The first-order valence-corrected chi connectivity index (χ1v) is 7.52. The Morgan fingerprint density at radius 1 is 1.36 bits per heavy atom. The number of aliphatic hydroxyl groups excluding tert-OH is 1. The number of rotatable bonds is 4. The van der Waals surface area contributed by atoms with Crippen LogP contribution < -0.4 is 9.64 Å². The van der Waals surface area contributed by atoms with Crippen LogP contribution in [0.15, 0.2) is 18.2 Å². The summed E-state index contributed by atoms with van der Waals surface area (Å²) in [6.07, 6.45) is 0.375. The van der Waals surface area contributed by atoms with E-state index in [0.29, 0.717) is 6.54 Å². The molecule has 0 unspecified atom stereocenters. The fourth-order valence-electron chi connectivity index (χ4n) is 2.99. The molecule has 0 spiro atoms. The number of pyridine rings is 1. The first kappa shape index (κ1) is 14.8. The molecule has 0 amide bonds. The molecule has 0 saturated carbocycles. The van der Waals surface area contributed by atoms with Gasteiger partial charge in [0.25, 0.3) is 0 Å². The van der Waals surface area contributed by atoms with E-state index in [9.17, 15) is 5.11 Å². The summed E-state index contributed by atoms with van der Waals surface area (Å²) in [4.78, 5) is 6.67. The van der Waals surface area contributed by atoms with E-state index < -0.39 is 0 Å². The van der Waals surface area contributed by atoms with E-state index in [4.69, 9.17) is 4.74 Å². The number of methoxy groups -OCH3 is 1. The number of ether oxygens (including phenoxy) is 1. The van der Waals surface area contributed by atoms with E-state index in [1.807, 2.05) is 32.0 Å². The van der Waals surface area contributed by atoms with E-state index in [1.165, 1.54) is 0 Å². The lowest BCUT2D eigenvalue weighted by Crippen LogP contribution is -2.23. The average Bonchev–Trinajstić information content (AvgIpc) is 3.06. The highest BCUT2D eigenvalue weighted by atomic mass is 16.5. The maximum absolute atomic E-state index is 10.4. The molecule has 22 heavy (non-hydrogen) atoms. The number of aliphatic hydroxyl groups is 1. The van der Waals surface area contributed by atoms with E-state index in [1.54, 1.807) is 7.11 Å². The number of β-amino-alcohol motifs (C(OH)–C–C–N with tert-alkyl or cyclic N) is 1. The minimum absolute atomic E-state index is 0.148. The van der Waals surface area contributed by atoms with Gasteiger partial charge >= 0.3 is 0 Å². The van der Waals surface area contributed by atoms with E-state index in [0.717, 1.165) is 41.6 Å². The van der Waals surface area contributed by atoms with Crippen LogP contribution in [0, 0.1) is 19.8 Å². The molecule has 1 aliphatic rings. The Morgan fingerprint density at radius 3 is 2.86 bits per heavy atom. The van der Waals surface area contributed by atoms with Crippen molar-refractivity contribution in [3.63, 3.8) is 0 Å². The van der Waals surface area contributed by atoms with Crippen LogP contribution in [0.1, 0.15) is 17.1 Å². The Morgan fingerprint density at radius 2 is 2.18 bits per heavy atom. The van der Waals surface area contributed by atoms with Crippen LogP contribution in [0.4, 0.5) is 5.82 Å². The van der Waals surface area contributed by atoms with Crippen LogP contribution in [-0.2, 0) is 6.42 Å². The molecule has 2 aromatic rings. The van der Waals surface area contributed by atoms with Gasteiger partial charge in [0, 0.05) is 30.4 Å². The average molecular weight is 302 g/mol. The zero-order valence-corrected chi connectivity index (χ0v) is 13.2. The Balaban J connectivity index is 1.76. The lowest BCUT2D eigenvalue weighted by Gasteiger charge is -2.20. The van der Waals surface area contributed by atoms with Crippen LogP contribution in [-0.4, -0.2) is 46.6 Å². The van der Waals surface area contributed by atoms with Gasteiger partial charge in [0.2, 0.25) is 0 Å². The lowest BCUT2D eigenvalue weighted by molar-refractivity contribution is 0.148. The van der Waals surface area contributed by atoms with Gasteiger partial charge < -0.3 is 14.7 Å². The predicted octanol–water partition coefficient (Wildman–Crippen LogP) is 1.47. The molecule has 1 saturated heterocycles. The number of nitrogens with one attached hydrogen (secondary N) is 1. The number of aromatic nitrogens is 3. The third kappa shape index (κ3) is 2.92. The normalized spacial score (nSPS) is 21.4. The maximum atomic E-state index is 10.4. The molecular formula is C16H22N4O2. The SMILES string of the molecule is COc1ccc(C)nc1N1C[C@@H](Cc2cc(C)[nH]n2)[C@@H](O)C1. The summed E-state index contributed by atoms with van der Waals surface area (Å²) in [5.41, 5.74) is 2.98. The number of aryl methyl sites for hydroxylation is 2. The molecule has 1 fully saturated rings. The maximum Gasteiger partial charge on any atom is 0.171 e. The Kier molecular flexibility index (Phi) is 4.02. The van der Waals surface area contributed by atoms with Crippen molar-refractivity contribution in [1.29, 1.82) is 0 Å². The highest BCUT2D eigenvalue weighted by Gasteiger charge is 2.33. The molecular weight excluding hydrogens is 280 g/mol. The Hall–Kier alpha value is -2.08. The van der Waals surface area contributed by atoms with Gasteiger partial charge in [-0.05, 0) is 38.5 Å². The highest BCUT2D eigenvalue weighted by Crippen LogP contribution is 2.31. The van der Waals surface area contributed by atoms with Crippen LogP contribution in [0.5, 0.6) is 5.75 Å². The summed E-state index contributed by atoms with van der Waals surface area (Å²) in [7, 11) is 1.65. The van der Waals surface area contributed by atoms with Crippen molar-refractivity contribution >= 4 is 5.82 Å². The molecule has 3 heterocycles. The van der Waals surface area contributed by atoms with Crippen molar-refractivity contribution in [1.82, 2.24) is 15.2 Å². The van der Waals surface area contributed by atoms with Gasteiger partial charge in [0.1, 0.15) is 0 Å². The first-order valence-electron chi connectivity index (χ1n) is 7.52. The number of anilines is 1. The second-order valence-corrected chi connectivity index (χ2v) is 5.96. The van der Waals surface area contributed by atoms with Crippen molar-refractivity contribution in [2.75, 3.05) is 25.1 Å². The van der Waals surface area contributed by atoms with Crippen molar-refractivity contribution in [3.8, 4) is 5.75 Å². The number of H-pyrrole nitrogens is 1. The summed E-state index contributed by atoms with van der Waals surface area (Å²) < 4.78 is 5.40. The van der Waals surface area contributed by atoms with Gasteiger partial charge in [-0.15, -0.1) is 0 Å². The smallest absolute Gasteiger partial charge is 0.171 e. The van der Waals surface area contributed by atoms with Gasteiger partial charge in [-0.2, -0.15) is 5.10 Å². The van der Waals surface area contributed by atoms with Crippen molar-refractivity contribution in [2.24, 2.45) is 5.92 Å². The van der Waals surface area contributed by atoms with Crippen LogP contribution in [0.3, 0.4) is 0 Å². The van der Waals surface area contributed by atoms with Gasteiger partial charge in [0.15, 0.2) is 11.6 Å². The third-order valence-corrected chi connectivity index (χ3v) is 4.13. The summed E-state index contributed by atoms with van der Waals surface area (Å²) >= 11 is 0. The minimum Gasteiger partial charge on any atom is -0.493 e. The molecule has 6 heteroatoms. The molecule has 3 rings (SSSR count). The molecule has 1 aliphatic heterocycles. The largest absolute Gasteiger partial charge is 0.493 e. The lowest BCUT2D eigenvalue weighted by atomic mass is 10.0. The number of nitrogens with zero attached hydrogens (tertiary/aromatic N) is 3. The summed E-state index contributed by atoms with van der Waals surface area (Å²) in [6, 6.07) is 5.88. The monoisotopic (exact) mass is 302 g/mol. The quantitative estimate of drug-likeness (QED) is 0.894. The predicted molar refractivity (Wildman–Crippen MR) is 84.3 cm³/mol. The molecule has 2 N–H and O–H groups in total. The summed E-state index contributed by atoms with van der Waals surface area (Å²) in [6.45, 7) is 5.26. The van der Waals surface area contributed by atoms with Crippen molar-refractivity contribution < 1.29 is 9.84 Å². The molecule has 0 aromatic carbocycles. The van der Waals surface area contributed by atoms with E-state index in [2.05, 4.69) is 20.1 Å². The minimum atomic E-state index is -0.385. The fraction of sp³-hybridized carbons (Fsp3) is 0.500. The molecule has 6 nitrogen and oxygen atoms in total. The summed E-state index contributed by atoms with van der Waals surface area (Å²) in [5.74, 6) is 1.70. The number of hydrogen-bond acceptors (Lipinski definition) is 5. The molecule has 2 atom stereocenters. The molecule has 0 radical (unpaired) electrons. The van der Waals surface area contributed by atoms with E-state index >= 15 is 0 Å². The first-order chi connectivity index (χ1) is 10.6. The second kappa shape index (κ2) is 5.96. The van der Waals surface area contributed by atoms with Crippen LogP contribution >= 0.6 is 0 Å². The molecule has 0 bridgehead atoms. The van der Waals surface area contributed by atoms with Gasteiger partial charge in [0.05, 0.1) is 18.9 Å². The molecule has 0 aliphatic carbocycles.